The van der Waals surface area contributed by atoms with Crippen LogP contribution in [0.2, 0.25) is 5.02 Å². The number of nitrogens with two attached hydrogens (primary N) is 1. The number of anilines is 4. The first-order valence-corrected chi connectivity index (χ1v) is 7.22. The molecule has 4 N–H and O–H groups in total. The van der Waals surface area contributed by atoms with Gasteiger partial charge < -0.3 is 16.4 Å². The van der Waals surface area contributed by atoms with Gasteiger partial charge in [0.2, 0.25) is 0 Å². The number of rotatable bonds is 5. The molecule has 0 atom stereocenters. The minimum Gasteiger partial charge on any atom is -0.393 e. The van der Waals surface area contributed by atoms with Crippen LogP contribution < -0.4 is 16.4 Å². The van der Waals surface area contributed by atoms with Gasteiger partial charge in [-0.1, -0.05) is 17.7 Å². The Labute approximate surface area is 138 Å². The molecule has 0 bridgehead atoms. The highest BCUT2D eigenvalue weighted by Crippen LogP contribution is 2.25. The molecule has 0 fully saturated rings. The molecular weight excluding hydrogens is 314 g/mol. The second-order valence-electron chi connectivity index (χ2n) is 4.69. The molecule has 0 saturated heterocycles. The molecule has 3 heterocycles. The molecule has 3 aromatic rings. The number of nitrogens with zero attached hydrogens (tertiary/aromatic N) is 4. The third-order valence-corrected chi connectivity index (χ3v) is 3.26. The molecule has 0 aromatic carbocycles. The zero-order chi connectivity index (χ0) is 16.1. The molecule has 116 valence electrons. The van der Waals surface area contributed by atoms with Gasteiger partial charge in [-0.2, -0.15) is 0 Å². The van der Waals surface area contributed by atoms with Crippen molar-refractivity contribution in [1.82, 2.24) is 19.9 Å². The summed E-state index contributed by atoms with van der Waals surface area (Å²) in [6.45, 7) is 0.563. The van der Waals surface area contributed by atoms with E-state index >= 15 is 0 Å². The fourth-order valence-electron chi connectivity index (χ4n) is 1.90. The van der Waals surface area contributed by atoms with E-state index < -0.39 is 0 Å². The van der Waals surface area contributed by atoms with Crippen molar-refractivity contribution in [2.24, 2.45) is 0 Å². The Morgan fingerprint density at radius 1 is 1.04 bits per heavy atom. The van der Waals surface area contributed by atoms with E-state index in [1.54, 1.807) is 30.7 Å². The van der Waals surface area contributed by atoms with Crippen LogP contribution in [0.3, 0.4) is 0 Å². The number of pyridine rings is 2. The number of aromatic nitrogens is 4. The highest BCUT2D eigenvalue weighted by molar-refractivity contribution is 6.30. The van der Waals surface area contributed by atoms with Gasteiger partial charge in [0.15, 0.2) is 11.6 Å². The Morgan fingerprint density at radius 2 is 1.91 bits per heavy atom. The van der Waals surface area contributed by atoms with E-state index in [4.69, 9.17) is 17.3 Å². The summed E-state index contributed by atoms with van der Waals surface area (Å²) in [5.74, 6) is 1.61. The van der Waals surface area contributed by atoms with E-state index in [0.29, 0.717) is 34.7 Å². The smallest absolute Gasteiger partial charge is 0.160 e. The van der Waals surface area contributed by atoms with Gasteiger partial charge in [-0.05, 0) is 23.8 Å². The molecule has 7 nitrogen and oxygen atoms in total. The Kier molecular flexibility index (Phi) is 4.49. The van der Waals surface area contributed by atoms with E-state index in [0.717, 1.165) is 5.56 Å². The normalized spacial score (nSPS) is 10.3. The van der Waals surface area contributed by atoms with Gasteiger partial charge in [-0.15, -0.1) is 0 Å². The van der Waals surface area contributed by atoms with Crippen LogP contribution in [0.1, 0.15) is 5.56 Å². The van der Waals surface area contributed by atoms with Crippen molar-refractivity contribution in [3.05, 3.63) is 59.8 Å². The third kappa shape index (κ3) is 3.83. The Balaban J connectivity index is 1.74. The molecule has 0 spiro atoms. The van der Waals surface area contributed by atoms with Crippen molar-refractivity contribution in [2.45, 2.75) is 6.54 Å². The first-order valence-electron chi connectivity index (χ1n) is 6.84. The van der Waals surface area contributed by atoms with E-state index in [9.17, 15) is 0 Å². The van der Waals surface area contributed by atoms with E-state index in [2.05, 4.69) is 30.6 Å². The van der Waals surface area contributed by atoms with Crippen LogP contribution in [0.5, 0.6) is 0 Å². The number of hydrogen-bond donors (Lipinski definition) is 3. The van der Waals surface area contributed by atoms with Crippen LogP contribution in [-0.4, -0.2) is 19.9 Å². The van der Waals surface area contributed by atoms with Crippen LogP contribution >= 0.6 is 11.6 Å². The lowest BCUT2D eigenvalue weighted by Crippen LogP contribution is -2.08. The quantitative estimate of drug-likeness (QED) is 0.662. The van der Waals surface area contributed by atoms with Crippen LogP contribution in [0.4, 0.5) is 23.1 Å². The molecule has 0 amide bonds. The minimum absolute atomic E-state index is 0.410. The molecule has 0 aliphatic rings. The average Bonchev–Trinajstić information content (AvgIpc) is 2.58. The van der Waals surface area contributed by atoms with Gasteiger partial charge >= 0.3 is 0 Å². The predicted octanol–water partition coefficient (Wildman–Crippen LogP) is 2.86. The van der Waals surface area contributed by atoms with Crippen molar-refractivity contribution in [3.8, 4) is 0 Å². The average molecular weight is 328 g/mol. The summed E-state index contributed by atoms with van der Waals surface area (Å²) in [5, 5.41) is 6.77. The maximum absolute atomic E-state index is 6.11. The van der Waals surface area contributed by atoms with Gasteiger partial charge in [0, 0.05) is 25.1 Å². The standard InChI is InChI=1S/C15H14ClN7/c16-11-3-4-12(19-8-11)23-15-13(17)14(21-9-22-15)20-7-10-2-1-5-18-6-10/h1-6,8-9H,7,17H2,(H2,19,20,21,22,23). The Hall–Kier alpha value is -2.93. The van der Waals surface area contributed by atoms with Crippen LogP contribution in [0, 0.1) is 0 Å². The van der Waals surface area contributed by atoms with Crippen molar-refractivity contribution in [1.29, 1.82) is 0 Å². The lowest BCUT2D eigenvalue weighted by atomic mass is 10.3. The zero-order valence-electron chi connectivity index (χ0n) is 12.1. The van der Waals surface area contributed by atoms with Crippen molar-refractivity contribution in [3.63, 3.8) is 0 Å². The Bertz CT molecular complexity index is 778. The highest BCUT2D eigenvalue weighted by Gasteiger charge is 2.08. The molecule has 0 aliphatic heterocycles. The van der Waals surface area contributed by atoms with Gasteiger partial charge in [-0.25, -0.2) is 15.0 Å². The number of nitrogens with one attached hydrogen (secondary N) is 2. The van der Waals surface area contributed by atoms with E-state index in [1.807, 2.05) is 12.1 Å². The summed E-state index contributed by atoms with van der Waals surface area (Å²) in [6.07, 6.45) is 6.48. The molecule has 8 heteroatoms. The maximum atomic E-state index is 6.11. The monoisotopic (exact) mass is 327 g/mol. The third-order valence-electron chi connectivity index (χ3n) is 3.04. The summed E-state index contributed by atoms with van der Waals surface area (Å²) >= 11 is 5.81. The predicted molar refractivity (Wildman–Crippen MR) is 90.5 cm³/mol. The largest absolute Gasteiger partial charge is 0.393 e. The fourth-order valence-corrected chi connectivity index (χ4v) is 2.01. The molecule has 0 saturated carbocycles. The van der Waals surface area contributed by atoms with E-state index in [-0.39, 0.29) is 0 Å². The van der Waals surface area contributed by atoms with Crippen LogP contribution in [-0.2, 0) is 6.54 Å². The summed E-state index contributed by atoms with van der Waals surface area (Å²) in [5.41, 5.74) is 7.54. The lowest BCUT2D eigenvalue weighted by molar-refractivity contribution is 1.07. The van der Waals surface area contributed by atoms with Gasteiger partial charge in [0.05, 0.1) is 5.02 Å². The van der Waals surface area contributed by atoms with Gasteiger partial charge in [0.25, 0.3) is 0 Å². The minimum atomic E-state index is 0.410. The summed E-state index contributed by atoms with van der Waals surface area (Å²) in [4.78, 5) is 16.5. The van der Waals surface area contributed by atoms with Gasteiger partial charge in [0.1, 0.15) is 17.8 Å². The molecule has 23 heavy (non-hydrogen) atoms. The number of nitrogen functional groups attached to an aromatic ring is 1. The molecule has 3 aromatic heterocycles. The number of hydrogen-bond acceptors (Lipinski definition) is 7. The topological polar surface area (TPSA) is 102 Å². The van der Waals surface area contributed by atoms with Crippen LogP contribution in [0.25, 0.3) is 0 Å². The summed E-state index contributed by atoms with van der Waals surface area (Å²) in [6, 6.07) is 7.32. The highest BCUT2D eigenvalue weighted by atomic mass is 35.5. The molecule has 0 unspecified atom stereocenters. The van der Waals surface area contributed by atoms with Crippen LogP contribution in [0.15, 0.2) is 49.2 Å². The first kappa shape index (κ1) is 15.0. The summed E-state index contributed by atoms with van der Waals surface area (Å²) < 4.78 is 0. The molecule has 3 rings (SSSR count). The molecular formula is C15H14ClN7. The SMILES string of the molecule is Nc1c(NCc2cccnc2)ncnc1Nc1ccc(Cl)cn1. The van der Waals surface area contributed by atoms with E-state index in [1.165, 1.54) is 6.33 Å². The number of halogens is 1. The van der Waals surface area contributed by atoms with Gasteiger partial charge in [-0.3, -0.25) is 4.98 Å². The fraction of sp³-hybridized carbons (Fsp3) is 0.0667. The molecule has 0 aliphatic carbocycles. The first-order chi connectivity index (χ1) is 11.2. The lowest BCUT2D eigenvalue weighted by Gasteiger charge is -2.12. The van der Waals surface area contributed by atoms with Crippen molar-refractivity contribution >= 4 is 34.7 Å². The van der Waals surface area contributed by atoms with Crippen molar-refractivity contribution in [2.75, 3.05) is 16.4 Å². The zero-order valence-corrected chi connectivity index (χ0v) is 12.8. The second kappa shape index (κ2) is 6.89. The van der Waals surface area contributed by atoms with Crippen molar-refractivity contribution < 1.29 is 0 Å². The Morgan fingerprint density at radius 3 is 2.65 bits per heavy atom. The summed E-state index contributed by atoms with van der Waals surface area (Å²) in [7, 11) is 0. The maximum Gasteiger partial charge on any atom is 0.160 e. The molecule has 0 radical (unpaired) electrons. The second-order valence-corrected chi connectivity index (χ2v) is 5.12.